The van der Waals surface area contributed by atoms with E-state index in [0.29, 0.717) is 11.5 Å². The molecule has 0 fully saturated rings. The van der Waals surface area contributed by atoms with Gasteiger partial charge < -0.3 is 25.2 Å². The van der Waals surface area contributed by atoms with Crippen molar-refractivity contribution in [3.8, 4) is 11.5 Å². The molecule has 0 aliphatic carbocycles. The highest BCUT2D eigenvalue weighted by molar-refractivity contribution is 7.12. The number of carbonyl (C=O) groups excluding carboxylic acids is 2. The molecule has 4 rings (SSSR count). The second kappa shape index (κ2) is 8.64. The zero-order valence-electron chi connectivity index (χ0n) is 15.2. The number of hydrogen-bond acceptors (Lipinski definition) is 7. The zero-order chi connectivity index (χ0) is 20.2. The molecule has 3 aromatic rings. The Kier molecular flexibility index (Phi) is 5.79. The van der Waals surface area contributed by atoms with Crippen LogP contribution in [0.3, 0.4) is 0 Å². The van der Waals surface area contributed by atoms with Crippen LogP contribution in [0, 0.1) is 0 Å². The summed E-state index contributed by atoms with van der Waals surface area (Å²) in [6, 6.07) is 12.8. The number of nitrogens with one attached hydrogen (secondary N) is 2. The molecule has 0 radical (unpaired) electrons. The van der Waals surface area contributed by atoms with Crippen LogP contribution in [0.25, 0.3) is 0 Å². The van der Waals surface area contributed by atoms with Crippen LogP contribution in [0.1, 0.15) is 26.3 Å². The first-order chi connectivity index (χ1) is 14.1. The van der Waals surface area contributed by atoms with Crippen molar-refractivity contribution in [3.05, 3.63) is 68.0 Å². The first kappa shape index (κ1) is 19.4. The summed E-state index contributed by atoms with van der Waals surface area (Å²) in [4.78, 5) is 26.6. The highest BCUT2D eigenvalue weighted by atomic mass is 32.1. The van der Waals surface area contributed by atoms with Gasteiger partial charge in [-0.3, -0.25) is 9.59 Å². The fraction of sp³-hybridized carbons (Fsp3) is 0.200. The van der Waals surface area contributed by atoms with Crippen molar-refractivity contribution < 1.29 is 24.2 Å². The Morgan fingerprint density at radius 2 is 1.79 bits per heavy atom. The van der Waals surface area contributed by atoms with Crippen LogP contribution in [-0.2, 0) is 22.7 Å². The molecule has 3 N–H and O–H groups in total. The van der Waals surface area contributed by atoms with Crippen molar-refractivity contribution in [1.82, 2.24) is 10.6 Å². The molecule has 1 aliphatic rings. The Bertz CT molecular complexity index is 1020. The molecule has 9 heteroatoms. The minimum absolute atomic E-state index is 0.183. The van der Waals surface area contributed by atoms with E-state index in [4.69, 9.17) is 9.47 Å². The maximum Gasteiger partial charge on any atom is 0.309 e. The van der Waals surface area contributed by atoms with Crippen LogP contribution < -0.4 is 20.1 Å². The quantitative estimate of drug-likeness (QED) is 0.522. The molecule has 0 spiro atoms. The lowest BCUT2D eigenvalue weighted by Gasteiger charge is -2.07. The van der Waals surface area contributed by atoms with E-state index < -0.39 is 17.9 Å². The van der Waals surface area contributed by atoms with Gasteiger partial charge >= 0.3 is 11.8 Å². The molecule has 1 unspecified atom stereocenters. The lowest BCUT2D eigenvalue weighted by molar-refractivity contribution is -0.139. The molecule has 0 saturated heterocycles. The molecule has 3 heterocycles. The van der Waals surface area contributed by atoms with Gasteiger partial charge in [0.05, 0.1) is 6.54 Å². The van der Waals surface area contributed by atoms with E-state index in [1.165, 1.54) is 22.7 Å². The number of amides is 2. The average molecular weight is 431 g/mol. The van der Waals surface area contributed by atoms with Gasteiger partial charge in [-0.1, -0.05) is 12.1 Å². The Labute approximate surface area is 174 Å². The highest BCUT2D eigenvalue weighted by Gasteiger charge is 2.17. The van der Waals surface area contributed by atoms with Crippen molar-refractivity contribution in [2.45, 2.75) is 19.2 Å². The van der Waals surface area contributed by atoms with Crippen LogP contribution in [0.4, 0.5) is 0 Å². The van der Waals surface area contributed by atoms with Gasteiger partial charge in [0.15, 0.2) is 11.5 Å². The van der Waals surface area contributed by atoms with Crippen molar-refractivity contribution in [2.75, 3.05) is 6.79 Å². The molecule has 2 amide bonds. The van der Waals surface area contributed by atoms with Gasteiger partial charge in [0.25, 0.3) is 0 Å². The SMILES string of the molecule is O=C(NCc1ccc2c(c1)OCO2)C(=O)NCc1ccc(C(O)c2cccs2)s1. The molecule has 0 bridgehead atoms. The van der Waals surface area contributed by atoms with E-state index in [1.54, 1.807) is 18.2 Å². The van der Waals surface area contributed by atoms with Crippen molar-refractivity contribution >= 4 is 34.5 Å². The van der Waals surface area contributed by atoms with Crippen LogP contribution in [0.2, 0.25) is 0 Å². The molecular formula is C20H18N2O5S2. The summed E-state index contributed by atoms with van der Waals surface area (Å²) in [7, 11) is 0. The summed E-state index contributed by atoms with van der Waals surface area (Å²) in [5, 5.41) is 17.4. The van der Waals surface area contributed by atoms with Crippen LogP contribution in [0.5, 0.6) is 11.5 Å². The third kappa shape index (κ3) is 4.58. The smallest absolute Gasteiger partial charge is 0.309 e. The number of carbonyl (C=O) groups is 2. The van der Waals surface area contributed by atoms with Gasteiger partial charge in [-0.15, -0.1) is 22.7 Å². The van der Waals surface area contributed by atoms with E-state index >= 15 is 0 Å². The molecule has 150 valence electrons. The Morgan fingerprint density at radius 1 is 1.00 bits per heavy atom. The van der Waals surface area contributed by atoms with Crippen molar-refractivity contribution in [3.63, 3.8) is 0 Å². The maximum atomic E-state index is 12.0. The molecule has 1 atom stereocenters. The highest BCUT2D eigenvalue weighted by Crippen LogP contribution is 2.32. The first-order valence-electron chi connectivity index (χ1n) is 8.85. The fourth-order valence-electron chi connectivity index (χ4n) is 2.78. The predicted molar refractivity (Wildman–Crippen MR) is 109 cm³/mol. The van der Waals surface area contributed by atoms with E-state index in [1.807, 2.05) is 29.6 Å². The van der Waals surface area contributed by atoms with E-state index in [-0.39, 0.29) is 19.9 Å². The number of ether oxygens (including phenoxy) is 2. The van der Waals surface area contributed by atoms with Gasteiger partial charge in [0.1, 0.15) is 6.10 Å². The molecule has 1 aromatic carbocycles. The summed E-state index contributed by atoms with van der Waals surface area (Å²) in [5.74, 6) is -0.130. The Morgan fingerprint density at radius 3 is 2.59 bits per heavy atom. The molecule has 0 saturated carbocycles. The van der Waals surface area contributed by atoms with Crippen molar-refractivity contribution in [2.24, 2.45) is 0 Å². The summed E-state index contributed by atoms with van der Waals surface area (Å²) in [6.45, 7) is 0.611. The van der Waals surface area contributed by atoms with Gasteiger partial charge in [0, 0.05) is 21.2 Å². The molecular weight excluding hydrogens is 412 g/mol. The molecule has 2 aromatic heterocycles. The van der Waals surface area contributed by atoms with E-state index in [2.05, 4.69) is 10.6 Å². The number of rotatable bonds is 6. The third-order valence-electron chi connectivity index (χ3n) is 4.28. The maximum absolute atomic E-state index is 12.0. The van der Waals surface area contributed by atoms with Crippen LogP contribution >= 0.6 is 22.7 Å². The minimum Gasteiger partial charge on any atom is -0.454 e. The number of hydrogen-bond donors (Lipinski definition) is 3. The lowest BCUT2D eigenvalue weighted by Crippen LogP contribution is -2.39. The summed E-state index contributed by atoms with van der Waals surface area (Å²) in [5.41, 5.74) is 0.806. The Balaban J connectivity index is 1.26. The summed E-state index contributed by atoms with van der Waals surface area (Å²) >= 11 is 2.89. The number of benzene rings is 1. The van der Waals surface area contributed by atoms with Gasteiger partial charge in [-0.05, 0) is 41.3 Å². The van der Waals surface area contributed by atoms with Gasteiger partial charge in [-0.25, -0.2) is 0 Å². The van der Waals surface area contributed by atoms with Crippen molar-refractivity contribution in [1.29, 1.82) is 0 Å². The number of thiophene rings is 2. The van der Waals surface area contributed by atoms with Crippen LogP contribution in [0.15, 0.2) is 47.8 Å². The lowest BCUT2D eigenvalue weighted by atomic mass is 10.2. The number of aliphatic hydroxyl groups is 1. The largest absolute Gasteiger partial charge is 0.454 e. The predicted octanol–water partition coefficient (Wildman–Crippen LogP) is 2.55. The van der Waals surface area contributed by atoms with E-state index in [0.717, 1.165) is 20.2 Å². The topological polar surface area (TPSA) is 96.9 Å². The number of aliphatic hydroxyl groups excluding tert-OH is 1. The molecule has 29 heavy (non-hydrogen) atoms. The minimum atomic E-state index is -0.710. The second-order valence-corrected chi connectivity index (χ2v) is 8.45. The first-order valence-corrected chi connectivity index (χ1v) is 10.5. The third-order valence-corrected chi connectivity index (χ3v) is 6.35. The van der Waals surface area contributed by atoms with Gasteiger partial charge in [0.2, 0.25) is 6.79 Å². The standard InChI is InChI=1S/C20H18N2O5S2/c23-18(16-2-1-7-28-16)17-6-4-13(29-17)10-22-20(25)19(24)21-9-12-3-5-14-15(8-12)27-11-26-14/h1-8,18,23H,9-11H2,(H,21,24)(H,22,25). The second-order valence-electron chi connectivity index (χ2n) is 6.28. The van der Waals surface area contributed by atoms with E-state index in [9.17, 15) is 14.7 Å². The van der Waals surface area contributed by atoms with Crippen LogP contribution in [-0.4, -0.2) is 23.7 Å². The summed E-state index contributed by atoms with van der Waals surface area (Å²) in [6.07, 6.45) is -0.672. The number of fused-ring (bicyclic) bond motifs is 1. The summed E-state index contributed by atoms with van der Waals surface area (Å²) < 4.78 is 10.5. The normalized spacial score (nSPS) is 13.1. The Hall–Kier alpha value is -2.88. The fourth-order valence-corrected chi connectivity index (χ4v) is 4.54. The molecule has 7 nitrogen and oxygen atoms in total. The zero-order valence-corrected chi connectivity index (χ0v) is 16.8. The average Bonchev–Trinajstić information content (AvgIpc) is 3.50. The monoisotopic (exact) mass is 430 g/mol. The molecule has 1 aliphatic heterocycles. The van der Waals surface area contributed by atoms with Gasteiger partial charge in [-0.2, -0.15) is 0 Å².